The van der Waals surface area contributed by atoms with Crippen molar-refractivity contribution in [2.45, 2.75) is 20.0 Å². The van der Waals surface area contributed by atoms with Crippen LogP contribution in [-0.4, -0.2) is 35.2 Å². The number of rotatable bonds is 7. The number of aromatic hydroxyl groups is 1. The van der Waals surface area contributed by atoms with E-state index in [-0.39, 0.29) is 22.7 Å². The average Bonchev–Trinajstić information content (AvgIpc) is 2.66. The number of carbonyl (C=O) groups is 1. The summed E-state index contributed by atoms with van der Waals surface area (Å²) in [6, 6.07) is 11.5. The molecule has 1 heterocycles. The van der Waals surface area contributed by atoms with E-state index < -0.39 is 0 Å². The molecule has 5 nitrogen and oxygen atoms in total. The van der Waals surface area contributed by atoms with Crippen molar-refractivity contribution in [3.63, 3.8) is 0 Å². The van der Waals surface area contributed by atoms with Crippen LogP contribution in [0.4, 0.5) is 0 Å². The molecule has 0 aliphatic rings. The number of nitrogens with zero attached hydrogens (tertiary/aromatic N) is 1. The molecule has 140 valence electrons. The maximum absolute atomic E-state index is 13.0. The number of hydrogen-bond acceptors (Lipinski definition) is 5. The third kappa shape index (κ3) is 4.38. The van der Waals surface area contributed by atoms with Crippen LogP contribution in [0.15, 0.2) is 48.7 Å². The van der Waals surface area contributed by atoms with E-state index in [1.807, 2.05) is 13.8 Å². The second-order valence-electron chi connectivity index (χ2n) is 6.11. The van der Waals surface area contributed by atoms with Gasteiger partial charge in [0.25, 0.3) is 0 Å². The van der Waals surface area contributed by atoms with E-state index >= 15 is 0 Å². The molecule has 2 aromatic carbocycles. The molecule has 0 aliphatic carbocycles. The van der Waals surface area contributed by atoms with Crippen molar-refractivity contribution in [1.29, 1.82) is 0 Å². The Morgan fingerprint density at radius 2 is 1.96 bits per heavy atom. The summed E-state index contributed by atoms with van der Waals surface area (Å²) < 4.78 is 11.1. The Morgan fingerprint density at radius 1 is 1.22 bits per heavy atom. The van der Waals surface area contributed by atoms with Crippen LogP contribution in [0.1, 0.15) is 29.8 Å². The van der Waals surface area contributed by atoms with Crippen molar-refractivity contribution in [1.82, 2.24) is 4.98 Å². The van der Waals surface area contributed by atoms with Crippen molar-refractivity contribution in [2.75, 3.05) is 13.2 Å². The van der Waals surface area contributed by atoms with Gasteiger partial charge in [-0.3, -0.25) is 9.78 Å². The van der Waals surface area contributed by atoms with Crippen LogP contribution >= 0.6 is 11.6 Å². The normalized spacial score (nSPS) is 12.1. The van der Waals surface area contributed by atoms with Crippen LogP contribution in [0.25, 0.3) is 10.9 Å². The molecule has 0 fully saturated rings. The summed E-state index contributed by atoms with van der Waals surface area (Å²) in [5, 5.41) is 10.5. The zero-order chi connectivity index (χ0) is 19.4. The lowest BCUT2D eigenvalue weighted by Gasteiger charge is -2.13. The topological polar surface area (TPSA) is 68.7 Å². The maximum Gasteiger partial charge on any atom is 0.195 e. The number of aromatic nitrogens is 1. The lowest BCUT2D eigenvalue weighted by Crippen LogP contribution is -2.17. The summed E-state index contributed by atoms with van der Waals surface area (Å²) in [6.45, 7) is 4.95. The number of ketones is 1. The first-order chi connectivity index (χ1) is 13.0. The SMILES string of the molecule is CCOC(C)COc1ccc(C(=O)c2c(Cl)cnc3cc(O)ccc23)cc1. The molecule has 1 unspecified atom stereocenters. The summed E-state index contributed by atoms with van der Waals surface area (Å²) in [5.74, 6) is 0.527. The van der Waals surface area contributed by atoms with Crippen molar-refractivity contribution in [3.8, 4) is 11.5 Å². The highest BCUT2D eigenvalue weighted by Gasteiger charge is 2.18. The second kappa shape index (κ2) is 8.37. The zero-order valence-electron chi connectivity index (χ0n) is 15.1. The van der Waals surface area contributed by atoms with E-state index in [0.717, 1.165) is 0 Å². The van der Waals surface area contributed by atoms with Gasteiger partial charge < -0.3 is 14.6 Å². The fourth-order valence-corrected chi connectivity index (χ4v) is 3.02. The van der Waals surface area contributed by atoms with Crippen molar-refractivity contribution < 1.29 is 19.4 Å². The number of carbonyl (C=O) groups excluding carboxylic acids is 1. The minimum atomic E-state index is -0.215. The van der Waals surface area contributed by atoms with E-state index in [2.05, 4.69) is 4.98 Å². The predicted octanol–water partition coefficient (Wildman–Crippen LogP) is 4.63. The van der Waals surface area contributed by atoms with E-state index in [1.54, 1.807) is 30.3 Å². The van der Waals surface area contributed by atoms with Gasteiger partial charge in [0.05, 0.1) is 22.2 Å². The summed E-state index contributed by atoms with van der Waals surface area (Å²) in [4.78, 5) is 17.2. The summed E-state index contributed by atoms with van der Waals surface area (Å²) in [7, 11) is 0. The predicted molar refractivity (Wildman–Crippen MR) is 105 cm³/mol. The zero-order valence-corrected chi connectivity index (χ0v) is 15.9. The molecule has 0 amide bonds. The van der Waals surface area contributed by atoms with Gasteiger partial charge in [0.15, 0.2) is 5.78 Å². The minimum absolute atomic E-state index is 0.00489. The molecule has 27 heavy (non-hydrogen) atoms. The fourth-order valence-electron chi connectivity index (χ4n) is 2.78. The summed E-state index contributed by atoms with van der Waals surface area (Å²) in [6.07, 6.45) is 1.41. The monoisotopic (exact) mass is 385 g/mol. The third-order valence-electron chi connectivity index (χ3n) is 4.09. The van der Waals surface area contributed by atoms with Gasteiger partial charge in [-0.15, -0.1) is 0 Å². The Hall–Kier alpha value is -2.63. The highest BCUT2D eigenvalue weighted by atomic mass is 35.5. The molecule has 1 atom stereocenters. The molecule has 0 saturated heterocycles. The van der Waals surface area contributed by atoms with Crippen LogP contribution in [0.3, 0.4) is 0 Å². The Balaban J connectivity index is 1.84. The van der Waals surface area contributed by atoms with Gasteiger partial charge in [-0.05, 0) is 50.2 Å². The molecule has 6 heteroatoms. The first-order valence-corrected chi connectivity index (χ1v) is 9.03. The van der Waals surface area contributed by atoms with Gasteiger partial charge in [0.2, 0.25) is 0 Å². The molecule has 3 rings (SSSR count). The Bertz CT molecular complexity index is 956. The van der Waals surface area contributed by atoms with Crippen molar-refractivity contribution >= 4 is 28.3 Å². The molecule has 0 aliphatic heterocycles. The number of fused-ring (bicyclic) bond motifs is 1. The first-order valence-electron chi connectivity index (χ1n) is 8.66. The second-order valence-corrected chi connectivity index (χ2v) is 6.52. The van der Waals surface area contributed by atoms with E-state index in [1.165, 1.54) is 18.3 Å². The number of hydrogen-bond donors (Lipinski definition) is 1. The van der Waals surface area contributed by atoms with Gasteiger partial charge in [-0.1, -0.05) is 11.6 Å². The highest BCUT2D eigenvalue weighted by Crippen LogP contribution is 2.29. The van der Waals surface area contributed by atoms with Gasteiger partial charge in [-0.25, -0.2) is 0 Å². The minimum Gasteiger partial charge on any atom is -0.508 e. The Morgan fingerprint density at radius 3 is 2.67 bits per heavy atom. The lowest BCUT2D eigenvalue weighted by molar-refractivity contribution is 0.0402. The fraction of sp³-hybridized carbons (Fsp3) is 0.238. The largest absolute Gasteiger partial charge is 0.508 e. The summed E-state index contributed by atoms with van der Waals surface area (Å²) >= 11 is 6.25. The highest BCUT2D eigenvalue weighted by molar-refractivity contribution is 6.36. The number of phenolic OH excluding ortho intramolecular Hbond substituents is 1. The molecular formula is C21H20ClNO4. The molecule has 0 bridgehead atoms. The van der Waals surface area contributed by atoms with E-state index in [0.29, 0.717) is 41.0 Å². The van der Waals surface area contributed by atoms with Gasteiger partial charge >= 0.3 is 0 Å². The van der Waals surface area contributed by atoms with E-state index in [4.69, 9.17) is 21.1 Å². The van der Waals surface area contributed by atoms with Crippen molar-refractivity contribution in [2.24, 2.45) is 0 Å². The molecular weight excluding hydrogens is 366 g/mol. The standard InChI is InChI=1S/C21H20ClNO4/c1-3-26-13(2)12-27-16-7-4-14(5-8-16)21(25)20-17-9-6-15(24)10-19(17)23-11-18(20)22/h4-11,13,24H,3,12H2,1-2H3. The number of halogens is 1. The number of benzene rings is 2. The molecule has 0 radical (unpaired) electrons. The third-order valence-corrected chi connectivity index (χ3v) is 4.37. The molecule has 3 aromatic rings. The summed E-state index contributed by atoms with van der Waals surface area (Å²) in [5.41, 5.74) is 1.36. The molecule has 1 aromatic heterocycles. The van der Waals surface area contributed by atoms with Gasteiger partial charge in [0.1, 0.15) is 18.1 Å². The van der Waals surface area contributed by atoms with Crippen LogP contribution in [0.5, 0.6) is 11.5 Å². The van der Waals surface area contributed by atoms with Gasteiger partial charge in [-0.2, -0.15) is 0 Å². The number of ether oxygens (including phenoxy) is 2. The van der Waals surface area contributed by atoms with Gasteiger partial charge in [0, 0.05) is 29.8 Å². The van der Waals surface area contributed by atoms with Crippen LogP contribution in [-0.2, 0) is 4.74 Å². The van der Waals surface area contributed by atoms with E-state index in [9.17, 15) is 9.90 Å². The van der Waals surface area contributed by atoms with Crippen molar-refractivity contribution in [3.05, 3.63) is 64.8 Å². The Labute approximate surface area is 162 Å². The number of phenols is 1. The number of pyridine rings is 1. The average molecular weight is 386 g/mol. The maximum atomic E-state index is 13.0. The molecule has 0 saturated carbocycles. The molecule has 1 N–H and O–H groups in total. The smallest absolute Gasteiger partial charge is 0.195 e. The van der Waals surface area contributed by atoms with Crippen LogP contribution < -0.4 is 4.74 Å². The Kier molecular flexibility index (Phi) is 5.94. The lowest BCUT2D eigenvalue weighted by atomic mass is 9.99. The first kappa shape index (κ1) is 19.1. The molecule has 0 spiro atoms. The van der Waals surface area contributed by atoms with Crippen LogP contribution in [0.2, 0.25) is 5.02 Å². The quantitative estimate of drug-likeness (QED) is 0.600. The van der Waals surface area contributed by atoms with Crippen LogP contribution in [0, 0.1) is 0 Å².